The summed E-state index contributed by atoms with van der Waals surface area (Å²) >= 11 is 0. The number of aromatic nitrogens is 1. The van der Waals surface area contributed by atoms with E-state index in [1.807, 2.05) is 42.5 Å². The third-order valence-electron chi connectivity index (χ3n) is 5.98. The second-order valence-electron chi connectivity index (χ2n) is 7.62. The van der Waals surface area contributed by atoms with Crippen LogP contribution in [0.15, 0.2) is 48.5 Å². The summed E-state index contributed by atoms with van der Waals surface area (Å²) in [4.78, 5) is 31.7. The minimum absolute atomic E-state index is 0.0769. The lowest BCUT2D eigenvalue weighted by Crippen LogP contribution is -2.52. The third kappa shape index (κ3) is 2.75. The molecule has 0 radical (unpaired) electrons. The van der Waals surface area contributed by atoms with E-state index in [4.69, 9.17) is 4.74 Å². The number of rotatable bonds is 5. The highest BCUT2D eigenvalue weighted by molar-refractivity contribution is 6.03. The van der Waals surface area contributed by atoms with Gasteiger partial charge in [0.1, 0.15) is 6.04 Å². The zero-order chi connectivity index (χ0) is 20.0. The molecule has 0 bridgehead atoms. The van der Waals surface area contributed by atoms with E-state index in [0.29, 0.717) is 25.1 Å². The standard InChI is InChI=1S/C23H23N3O3/c1-29-12-6-11-24-22(27)19-13-17-14-7-4-5-10-18(14)25-20(17)21-15-8-2-3-9-16(15)23(28)26(19)21/h2-5,7-10,19,21,25H,6,11-13H2,1H3,(H,24,27)/t19-,21+/m1/s1. The van der Waals surface area contributed by atoms with Crippen molar-refractivity contribution in [2.45, 2.75) is 24.9 Å². The summed E-state index contributed by atoms with van der Waals surface area (Å²) in [6, 6.07) is 15.0. The van der Waals surface area contributed by atoms with Gasteiger partial charge in [0.25, 0.3) is 5.91 Å². The first kappa shape index (κ1) is 17.9. The van der Waals surface area contributed by atoms with Crippen LogP contribution >= 0.6 is 0 Å². The molecule has 3 heterocycles. The van der Waals surface area contributed by atoms with Crippen LogP contribution in [0.1, 0.15) is 39.6 Å². The largest absolute Gasteiger partial charge is 0.385 e. The summed E-state index contributed by atoms with van der Waals surface area (Å²) in [5.41, 5.74) is 4.83. The number of nitrogens with zero attached hydrogens (tertiary/aromatic N) is 1. The second-order valence-corrected chi connectivity index (χ2v) is 7.62. The van der Waals surface area contributed by atoms with Gasteiger partial charge in [0.05, 0.1) is 6.04 Å². The number of ether oxygens (including phenoxy) is 1. The van der Waals surface area contributed by atoms with Crippen molar-refractivity contribution in [3.05, 3.63) is 70.9 Å². The molecule has 2 aromatic carbocycles. The molecule has 3 aromatic rings. The average molecular weight is 389 g/mol. The Labute approximate surface area is 168 Å². The van der Waals surface area contributed by atoms with Crippen LogP contribution in [0.4, 0.5) is 0 Å². The van der Waals surface area contributed by atoms with Gasteiger partial charge in [-0.25, -0.2) is 0 Å². The number of para-hydroxylation sites is 1. The fourth-order valence-electron chi connectivity index (χ4n) is 4.68. The molecular weight excluding hydrogens is 366 g/mol. The van der Waals surface area contributed by atoms with Gasteiger partial charge in [-0.15, -0.1) is 0 Å². The van der Waals surface area contributed by atoms with Crippen molar-refractivity contribution in [1.82, 2.24) is 15.2 Å². The molecule has 2 N–H and O–H groups in total. The molecule has 1 aromatic heterocycles. The highest BCUT2D eigenvalue weighted by atomic mass is 16.5. The maximum atomic E-state index is 13.3. The summed E-state index contributed by atoms with van der Waals surface area (Å²) in [7, 11) is 1.65. The molecule has 5 rings (SSSR count). The van der Waals surface area contributed by atoms with Crippen LogP contribution in [0.25, 0.3) is 10.9 Å². The van der Waals surface area contributed by atoms with Gasteiger partial charge in [-0.1, -0.05) is 36.4 Å². The third-order valence-corrected chi connectivity index (χ3v) is 5.98. The molecular formula is C23H23N3O3. The molecule has 0 fully saturated rings. The maximum absolute atomic E-state index is 13.3. The van der Waals surface area contributed by atoms with Crippen LogP contribution < -0.4 is 5.32 Å². The molecule has 0 spiro atoms. The Hall–Kier alpha value is -3.12. The van der Waals surface area contributed by atoms with Crippen LogP contribution in [-0.2, 0) is 16.0 Å². The second kappa shape index (κ2) is 7.04. The number of benzene rings is 2. The number of nitrogens with one attached hydrogen (secondary N) is 2. The number of carbonyl (C=O) groups is 2. The molecule has 0 saturated carbocycles. The fourth-order valence-corrected chi connectivity index (χ4v) is 4.68. The Morgan fingerprint density at radius 3 is 2.86 bits per heavy atom. The van der Waals surface area contributed by atoms with Gasteiger partial charge in [0, 0.05) is 48.8 Å². The number of aromatic amines is 1. The summed E-state index contributed by atoms with van der Waals surface area (Å²) < 4.78 is 5.06. The molecule has 29 heavy (non-hydrogen) atoms. The highest BCUT2D eigenvalue weighted by Gasteiger charge is 2.48. The first-order chi connectivity index (χ1) is 14.2. The minimum Gasteiger partial charge on any atom is -0.385 e. The Kier molecular flexibility index (Phi) is 4.36. The zero-order valence-electron chi connectivity index (χ0n) is 16.3. The van der Waals surface area contributed by atoms with Crippen LogP contribution in [0.5, 0.6) is 0 Å². The van der Waals surface area contributed by atoms with Crippen molar-refractivity contribution in [2.75, 3.05) is 20.3 Å². The number of carbonyl (C=O) groups excluding carboxylic acids is 2. The molecule has 148 valence electrons. The van der Waals surface area contributed by atoms with E-state index in [1.54, 1.807) is 12.0 Å². The minimum atomic E-state index is -0.533. The lowest BCUT2D eigenvalue weighted by atomic mass is 9.90. The zero-order valence-corrected chi connectivity index (χ0v) is 16.3. The first-order valence-corrected chi connectivity index (χ1v) is 9.98. The molecule has 0 aliphatic carbocycles. The van der Waals surface area contributed by atoms with E-state index in [1.165, 1.54) is 0 Å². The summed E-state index contributed by atoms with van der Waals surface area (Å²) in [5.74, 6) is -0.185. The average Bonchev–Trinajstić information content (AvgIpc) is 3.27. The van der Waals surface area contributed by atoms with Crippen molar-refractivity contribution in [1.29, 1.82) is 0 Å². The smallest absolute Gasteiger partial charge is 0.255 e. The van der Waals surface area contributed by atoms with Crippen LogP contribution in [0, 0.1) is 0 Å². The lowest BCUT2D eigenvalue weighted by Gasteiger charge is -2.37. The van der Waals surface area contributed by atoms with E-state index >= 15 is 0 Å². The number of methoxy groups -OCH3 is 1. The van der Waals surface area contributed by atoms with Crippen molar-refractivity contribution in [3.63, 3.8) is 0 Å². The Morgan fingerprint density at radius 2 is 2.00 bits per heavy atom. The molecule has 2 atom stereocenters. The number of fused-ring (bicyclic) bond motifs is 7. The molecule has 0 unspecified atom stereocenters. The first-order valence-electron chi connectivity index (χ1n) is 9.98. The fraction of sp³-hybridized carbons (Fsp3) is 0.304. The predicted octanol–water partition coefficient (Wildman–Crippen LogP) is 2.79. The van der Waals surface area contributed by atoms with Crippen LogP contribution in [0.3, 0.4) is 0 Å². The summed E-state index contributed by atoms with van der Waals surface area (Å²) in [6.07, 6.45) is 1.25. The Bertz CT molecular complexity index is 1100. The molecule has 2 aliphatic heterocycles. The van der Waals surface area contributed by atoms with E-state index in [-0.39, 0.29) is 17.9 Å². The van der Waals surface area contributed by atoms with E-state index < -0.39 is 6.04 Å². The quantitative estimate of drug-likeness (QED) is 0.659. The normalized spacial score (nSPS) is 19.8. The van der Waals surface area contributed by atoms with Gasteiger partial charge in [0.15, 0.2) is 0 Å². The molecule has 6 nitrogen and oxygen atoms in total. The van der Waals surface area contributed by atoms with Crippen LogP contribution in [-0.4, -0.2) is 48.0 Å². The van der Waals surface area contributed by atoms with Crippen molar-refractivity contribution in [2.24, 2.45) is 0 Å². The van der Waals surface area contributed by atoms with E-state index in [9.17, 15) is 9.59 Å². The SMILES string of the molecule is COCCCNC(=O)[C@H]1Cc2c([nH]c3ccccc23)[C@@H]2c3ccccc3C(=O)N21. The highest BCUT2D eigenvalue weighted by Crippen LogP contribution is 2.46. The number of H-pyrrole nitrogens is 1. The van der Waals surface area contributed by atoms with Gasteiger partial charge in [-0.05, 0) is 29.7 Å². The molecule has 2 amide bonds. The van der Waals surface area contributed by atoms with E-state index in [2.05, 4.69) is 16.4 Å². The van der Waals surface area contributed by atoms with Gasteiger partial charge < -0.3 is 19.9 Å². The molecule has 0 saturated heterocycles. The molecule has 6 heteroatoms. The van der Waals surface area contributed by atoms with Gasteiger partial charge >= 0.3 is 0 Å². The Morgan fingerprint density at radius 1 is 1.21 bits per heavy atom. The number of hydrogen-bond acceptors (Lipinski definition) is 3. The summed E-state index contributed by atoms with van der Waals surface area (Å²) in [5, 5.41) is 4.12. The van der Waals surface area contributed by atoms with Crippen molar-refractivity contribution < 1.29 is 14.3 Å². The van der Waals surface area contributed by atoms with E-state index in [0.717, 1.165) is 34.1 Å². The predicted molar refractivity (Wildman–Crippen MR) is 110 cm³/mol. The van der Waals surface area contributed by atoms with Gasteiger partial charge in [-0.3, -0.25) is 9.59 Å². The number of amides is 2. The van der Waals surface area contributed by atoms with Crippen LogP contribution in [0.2, 0.25) is 0 Å². The lowest BCUT2D eigenvalue weighted by molar-refractivity contribution is -0.126. The maximum Gasteiger partial charge on any atom is 0.255 e. The van der Waals surface area contributed by atoms with Crippen molar-refractivity contribution >= 4 is 22.7 Å². The van der Waals surface area contributed by atoms with Gasteiger partial charge in [0.2, 0.25) is 5.91 Å². The molecule has 2 aliphatic rings. The Balaban J connectivity index is 1.59. The monoisotopic (exact) mass is 389 g/mol. The summed E-state index contributed by atoms with van der Waals surface area (Å²) in [6.45, 7) is 1.12. The van der Waals surface area contributed by atoms with Gasteiger partial charge in [-0.2, -0.15) is 0 Å². The van der Waals surface area contributed by atoms with Crippen molar-refractivity contribution in [3.8, 4) is 0 Å². The number of hydrogen-bond donors (Lipinski definition) is 2. The topological polar surface area (TPSA) is 74.4 Å².